The van der Waals surface area contributed by atoms with E-state index in [9.17, 15) is 4.79 Å². The monoisotopic (exact) mass is 232 g/mol. The lowest BCUT2D eigenvalue weighted by molar-refractivity contribution is -0.122. The van der Waals surface area contributed by atoms with Crippen molar-refractivity contribution >= 4 is 5.91 Å². The molecular formula is C14H20N2O. The molecule has 1 amide bonds. The SMILES string of the molecule is CNC(=O)CN1CCC[C@@H]1c1ccc(C)cc1. The second-order valence-corrected chi connectivity index (χ2v) is 4.71. The molecule has 1 aromatic rings. The van der Waals surface area contributed by atoms with E-state index in [1.54, 1.807) is 7.05 Å². The lowest BCUT2D eigenvalue weighted by Crippen LogP contribution is -2.35. The number of benzene rings is 1. The van der Waals surface area contributed by atoms with Crippen molar-refractivity contribution in [3.63, 3.8) is 0 Å². The highest BCUT2D eigenvalue weighted by Gasteiger charge is 2.26. The van der Waals surface area contributed by atoms with E-state index in [1.165, 1.54) is 17.5 Å². The van der Waals surface area contributed by atoms with E-state index in [4.69, 9.17) is 0 Å². The smallest absolute Gasteiger partial charge is 0.233 e. The van der Waals surface area contributed by atoms with Gasteiger partial charge in [-0.1, -0.05) is 29.8 Å². The van der Waals surface area contributed by atoms with E-state index in [0.29, 0.717) is 12.6 Å². The van der Waals surface area contributed by atoms with Gasteiger partial charge in [0.05, 0.1) is 6.54 Å². The summed E-state index contributed by atoms with van der Waals surface area (Å²) in [6, 6.07) is 9.06. The van der Waals surface area contributed by atoms with Gasteiger partial charge < -0.3 is 5.32 Å². The Labute approximate surface area is 103 Å². The molecule has 0 aliphatic carbocycles. The number of likely N-dealkylation sites (N-methyl/N-ethyl adjacent to an activating group) is 1. The Hall–Kier alpha value is -1.35. The highest BCUT2D eigenvalue weighted by Crippen LogP contribution is 2.31. The van der Waals surface area contributed by atoms with Crippen LogP contribution >= 0.6 is 0 Å². The number of nitrogens with one attached hydrogen (secondary N) is 1. The molecule has 1 atom stereocenters. The van der Waals surface area contributed by atoms with Crippen molar-refractivity contribution in [1.82, 2.24) is 10.2 Å². The second kappa shape index (κ2) is 5.32. The zero-order valence-electron chi connectivity index (χ0n) is 10.6. The van der Waals surface area contributed by atoms with E-state index in [1.807, 2.05) is 0 Å². The van der Waals surface area contributed by atoms with Crippen LogP contribution in [0.1, 0.15) is 30.0 Å². The normalized spacial score (nSPS) is 20.5. The molecule has 1 fully saturated rings. The fourth-order valence-electron chi connectivity index (χ4n) is 2.44. The number of nitrogens with zero attached hydrogens (tertiary/aromatic N) is 1. The maximum Gasteiger partial charge on any atom is 0.233 e. The molecule has 3 nitrogen and oxygen atoms in total. The minimum absolute atomic E-state index is 0.101. The molecule has 2 rings (SSSR count). The van der Waals surface area contributed by atoms with Gasteiger partial charge in [-0.05, 0) is 31.9 Å². The first-order valence-electron chi connectivity index (χ1n) is 6.22. The molecule has 1 aliphatic heterocycles. The van der Waals surface area contributed by atoms with Gasteiger partial charge in [-0.3, -0.25) is 9.69 Å². The number of amides is 1. The van der Waals surface area contributed by atoms with Crippen molar-refractivity contribution in [2.24, 2.45) is 0 Å². The Morgan fingerprint density at radius 3 is 2.76 bits per heavy atom. The fraction of sp³-hybridized carbons (Fsp3) is 0.500. The third-order valence-electron chi connectivity index (χ3n) is 3.45. The Kier molecular flexibility index (Phi) is 3.79. The first-order valence-corrected chi connectivity index (χ1v) is 6.22. The van der Waals surface area contributed by atoms with Gasteiger partial charge in [0.15, 0.2) is 0 Å². The van der Waals surface area contributed by atoms with Crippen molar-refractivity contribution in [1.29, 1.82) is 0 Å². The standard InChI is InChI=1S/C14H20N2O/c1-11-5-7-12(8-6-11)13-4-3-9-16(13)10-14(17)15-2/h5-8,13H,3-4,9-10H2,1-2H3,(H,15,17)/t13-/m1/s1. The minimum atomic E-state index is 0.101. The summed E-state index contributed by atoms with van der Waals surface area (Å²) in [6.45, 7) is 3.63. The van der Waals surface area contributed by atoms with Gasteiger partial charge in [-0.25, -0.2) is 0 Å². The molecule has 1 N–H and O–H groups in total. The summed E-state index contributed by atoms with van der Waals surface area (Å²) in [5.41, 5.74) is 2.61. The quantitative estimate of drug-likeness (QED) is 0.863. The third kappa shape index (κ3) is 2.86. The predicted octanol–water partition coefficient (Wildman–Crippen LogP) is 1.88. The first-order chi connectivity index (χ1) is 8.20. The van der Waals surface area contributed by atoms with Crippen molar-refractivity contribution in [2.75, 3.05) is 20.1 Å². The zero-order chi connectivity index (χ0) is 12.3. The average molecular weight is 232 g/mol. The second-order valence-electron chi connectivity index (χ2n) is 4.71. The number of hydrogen-bond acceptors (Lipinski definition) is 2. The molecule has 17 heavy (non-hydrogen) atoms. The van der Waals surface area contributed by atoms with Gasteiger partial charge in [0, 0.05) is 13.1 Å². The first kappa shape index (κ1) is 12.1. The highest BCUT2D eigenvalue weighted by atomic mass is 16.1. The van der Waals surface area contributed by atoms with Gasteiger partial charge in [0.1, 0.15) is 0 Å². The van der Waals surface area contributed by atoms with Crippen LogP contribution in [-0.4, -0.2) is 30.9 Å². The third-order valence-corrected chi connectivity index (χ3v) is 3.45. The Balaban J connectivity index is 2.08. The fourth-order valence-corrected chi connectivity index (χ4v) is 2.44. The van der Waals surface area contributed by atoms with E-state index in [-0.39, 0.29) is 5.91 Å². The molecule has 3 heteroatoms. The van der Waals surface area contributed by atoms with Crippen LogP contribution in [0.3, 0.4) is 0 Å². The number of likely N-dealkylation sites (tertiary alicyclic amines) is 1. The molecule has 0 spiro atoms. The summed E-state index contributed by atoms with van der Waals surface area (Å²) in [5.74, 6) is 0.101. The van der Waals surface area contributed by atoms with Crippen LogP contribution in [-0.2, 0) is 4.79 Å². The van der Waals surface area contributed by atoms with Crippen LogP contribution in [0.25, 0.3) is 0 Å². The summed E-state index contributed by atoms with van der Waals surface area (Å²) >= 11 is 0. The molecule has 0 unspecified atom stereocenters. The molecule has 0 saturated carbocycles. The molecule has 1 saturated heterocycles. The van der Waals surface area contributed by atoms with Gasteiger partial charge >= 0.3 is 0 Å². The Morgan fingerprint density at radius 2 is 2.12 bits per heavy atom. The van der Waals surface area contributed by atoms with Crippen molar-refractivity contribution in [3.8, 4) is 0 Å². The van der Waals surface area contributed by atoms with E-state index in [0.717, 1.165) is 13.0 Å². The van der Waals surface area contributed by atoms with Gasteiger partial charge in [0.25, 0.3) is 0 Å². The maximum atomic E-state index is 11.4. The van der Waals surface area contributed by atoms with Gasteiger partial charge in [-0.15, -0.1) is 0 Å². The zero-order valence-corrected chi connectivity index (χ0v) is 10.6. The lowest BCUT2D eigenvalue weighted by Gasteiger charge is -2.24. The average Bonchev–Trinajstić information content (AvgIpc) is 2.78. The van der Waals surface area contributed by atoms with E-state index >= 15 is 0 Å². The summed E-state index contributed by atoms with van der Waals surface area (Å²) < 4.78 is 0. The van der Waals surface area contributed by atoms with Crippen LogP contribution in [0.2, 0.25) is 0 Å². The summed E-state index contributed by atoms with van der Waals surface area (Å²) in [4.78, 5) is 13.7. The van der Waals surface area contributed by atoms with Crippen LogP contribution in [0.15, 0.2) is 24.3 Å². The molecule has 1 heterocycles. The molecular weight excluding hydrogens is 212 g/mol. The molecule has 1 aliphatic rings. The summed E-state index contributed by atoms with van der Waals surface area (Å²) in [5, 5.41) is 2.69. The topological polar surface area (TPSA) is 32.3 Å². The molecule has 0 bridgehead atoms. The Bertz CT molecular complexity index is 386. The molecule has 1 aromatic carbocycles. The van der Waals surface area contributed by atoms with E-state index < -0.39 is 0 Å². The molecule has 0 radical (unpaired) electrons. The number of carbonyl (C=O) groups excluding carboxylic acids is 1. The Morgan fingerprint density at radius 1 is 1.41 bits per heavy atom. The summed E-state index contributed by atoms with van der Waals surface area (Å²) in [7, 11) is 1.69. The number of carbonyl (C=O) groups is 1. The largest absolute Gasteiger partial charge is 0.358 e. The number of hydrogen-bond donors (Lipinski definition) is 1. The summed E-state index contributed by atoms with van der Waals surface area (Å²) in [6.07, 6.45) is 2.33. The van der Waals surface area contributed by atoms with Gasteiger partial charge in [-0.2, -0.15) is 0 Å². The van der Waals surface area contributed by atoms with Crippen LogP contribution in [0.4, 0.5) is 0 Å². The number of aryl methyl sites for hydroxylation is 1. The van der Waals surface area contributed by atoms with Crippen molar-refractivity contribution in [3.05, 3.63) is 35.4 Å². The molecule has 0 aromatic heterocycles. The van der Waals surface area contributed by atoms with Crippen LogP contribution in [0.5, 0.6) is 0 Å². The lowest BCUT2D eigenvalue weighted by atomic mass is 10.0. The van der Waals surface area contributed by atoms with E-state index in [2.05, 4.69) is 41.4 Å². The maximum absolute atomic E-state index is 11.4. The minimum Gasteiger partial charge on any atom is -0.358 e. The molecule has 92 valence electrons. The van der Waals surface area contributed by atoms with Crippen molar-refractivity contribution < 1.29 is 4.79 Å². The van der Waals surface area contributed by atoms with Gasteiger partial charge in [0.2, 0.25) is 5.91 Å². The predicted molar refractivity (Wildman–Crippen MR) is 68.8 cm³/mol. The van der Waals surface area contributed by atoms with Crippen molar-refractivity contribution in [2.45, 2.75) is 25.8 Å². The highest BCUT2D eigenvalue weighted by molar-refractivity contribution is 5.77. The van der Waals surface area contributed by atoms with Crippen LogP contribution < -0.4 is 5.32 Å². The number of rotatable bonds is 3. The van der Waals surface area contributed by atoms with Crippen LogP contribution in [0, 0.1) is 6.92 Å².